The minimum atomic E-state index is -3.23. The normalized spacial score (nSPS) is 11.5. The van der Waals surface area contributed by atoms with Gasteiger partial charge in [-0.3, -0.25) is 4.72 Å². The summed E-state index contributed by atoms with van der Waals surface area (Å²) in [5, 5.41) is 4.19. The first-order chi connectivity index (χ1) is 7.04. The first kappa shape index (κ1) is 10.6. The highest BCUT2D eigenvalue weighted by Crippen LogP contribution is 2.28. The molecule has 2 aromatic rings. The van der Waals surface area contributed by atoms with Crippen LogP contribution in [-0.2, 0) is 10.0 Å². The molecule has 15 heavy (non-hydrogen) atoms. The minimum absolute atomic E-state index is 0.404. The average molecular weight is 260 g/mol. The third-order valence-corrected chi connectivity index (χ3v) is 3.89. The fourth-order valence-corrected chi connectivity index (χ4v) is 3.34. The molecule has 80 valence electrons. The van der Waals surface area contributed by atoms with Crippen molar-refractivity contribution in [2.75, 3.05) is 11.0 Å². The molecule has 4 nitrogen and oxygen atoms in total. The molecule has 0 aliphatic rings. The number of thiophene rings is 1. The molecule has 0 aromatic carbocycles. The zero-order valence-electron chi connectivity index (χ0n) is 7.80. The van der Waals surface area contributed by atoms with E-state index in [4.69, 9.17) is 0 Å². The highest BCUT2D eigenvalue weighted by molar-refractivity contribution is 7.92. The van der Waals surface area contributed by atoms with Gasteiger partial charge in [0.2, 0.25) is 10.0 Å². The summed E-state index contributed by atoms with van der Waals surface area (Å²) in [7, 11) is -3.23. The first-order valence-corrected chi connectivity index (χ1v) is 7.67. The quantitative estimate of drug-likeness (QED) is 0.920. The zero-order valence-corrected chi connectivity index (χ0v) is 10.2. The van der Waals surface area contributed by atoms with Crippen molar-refractivity contribution >= 4 is 37.8 Å². The van der Waals surface area contributed by atoms with E-state index in [0.717, 1.165) is 16.8 Å². The maximum atomic E-state index is 11.0. The van der Waals surface area contributed by atoms with E-state index in [1.807, 2.05) is 22.9 Å². The maximum Gasteiger partial charge on any atom is 0.231 e. The third kappa shape index (κ3) is 2.77. The Bertz CT molecular complexity index is 542. The average Bonchev–Trinajstić information content (AvgIpc) is 2.68. The Kier molecular flexibility index (Phi) is 2.76. The molecule has 0 saturated carbocycles. The van der Waals surface area contributed by atoms with Gasteiger partial charge in [0, 0.05) is 5.38 Å². The van der Waals surface area contributed by atoms with E-state index < -0.39 is 10.0 Å². The molecule has 0 aliphatic heterocycles. The van der Waals surface area contributed by atoms with Crippen LogP contribution in [0.5, 0.6) is 0 Å². The second kappa shape index (κ2) is 3.92. The highest BCUT2D eigenvalue weighted by Gasteiger charge is 2.08. The molecule has 2 rings (SSSR count). The van der Waals surface area contributed by atoms with E-state index in [0.29, 0.717) is 5.13 Å². The summed E-state index contributed by atoms with van der Waals surface area (Å²) >= 11 is 2.85. The molecule has 0 saturated heterocycles. The van der Waals surface area contributed by atoms with Gasteiger partial charge in [-0.25, -0.2) is 13.4 Å². The number of thiazole rings is 1. The van der Waals surface area contributed by atoms with E-state index in [1.165, 1.54) is 11.3 Å². The van der Waals surface area contributed by atoms with Crippen molar-refractivity contribution in [2.24, 2.45) is 0 Å². The number of hydrogen-bond acceptors (Lipinski definition) is 5. The monoisotopic (exact) mass is 260 g/mol. The second-order valence-electron chi connectivity index (χ2n) is 2.89. The van der Waals surface area contributed by atoms with Crippen molar-refractivity contribution < 1.29 is 8.42 Å². The summed E-state index contributed by atoms with van der Waals surface area (Å²) in [6.07, 6.45) is 1.11. The molecule has 7 heteroatoms. The van der Waals surface area contributed by atoms with Crippen LogP contribution in [0.1, 0.15) is 0 Å². The van der Waals surface area contributed by atoms with Gasteiger partial charge in [-0.2, -0.15) is 0 Å². The predicted molar refractivity (Wildman–Crippen MR) is 63.9 cm³/mol. The van der Waals surface area contributed by atoms with Crippen molar-refractivity contribution in [2.45, 2.75) is 0 Å². The Hall–Kier alpha value is -0.920. The minimum Gasteiger partial charge on any atom is -0.259 e. The van der Waals surface area contributed by atoms with Gasteiger partial charge in [0.05, 0.1) is 16.8 Å². The molecule has 2 heterocycles. The number of nitrogens with one attached hydrogen (secondary N) is 1. The largest absolute Gasteiger partial charge is 0.259 e. The van der Waals surface area contributed by atoms with Gasteiger partial charge >= 0.3 is 0 Å². The lowest BCUT2D eigenvalue weighted by molar-refractivity contribution is 0.607. The van der Waals surface area contributed by atoms with Crippen molar-refractivity contribution in [1.82, 2.24) is 4.98 Å². The smallest absolute Gasteiger partial charge is 0.231 e. The fourth-order valence-electron chi connectivity index (χ4n) is 1.02. The maximum absolute atomic E-state index is 11.0. The second-order valence-corrected chi connectivity index (χ2v) is 6.44. The van der Waals surface area contributed by atoms with Crippen molar-refractivity contribution in [3.05, 3.63) is 22.9 Å². The number of hydrogen-bond donors (Lipinski definition) is 1. The lowest BCUT2D eigenvalue weighted by Crippen LogP contribution is -2.08. The lowest BCUT2D eigenvalue weighted by Gasteiger charge is -1.96. The summed E-state index contributed by atoms with van der Waals surface area (Å²) in [6.45, 7) is 0. The van der Waals surface area contributed by atoms with Crippen LogP contribution in [0.2, 0.25) is 0 Å². The molecule has 0 aliphatic carbocycles. The van der Waals surface area contributed by atoms with E-state index in [-0.39, 0.29) is 0 Å². The van der Waals surface area contributed by atoms with Gasteiger partial charge in [-0.1, -0.05) is 6.07 Å². The summed E-state index contributed by atoms with van der Waals surface area (Å²) in [5.41, 5.74) is 0.807. The van der Waals surface area contributed by atoms with Crippen LogP contribution in [0.4, 0.5) is 5.13 Å². The number of rotatable bonds is 3. The molecule has 0 bridgehead atoms. The Morgan fingerprint density at radius 1 is 1.40 bits per heavy atom. The Morgan fingerprint density at radius 2 is 2.20 bits per heavy atom. The van der Waals surface area contributed by atoms with E-state index in [2.05, 4.69) is 9.71 Å². The standard InChI is InChI=1S/C8H8N2O2S3/c1-15(11,12)10-8-9-6(5-14-8)7-3-2-4-13-7/h2-5H,1H3,(H,9,10). The van der Waals surface area contributed by atoms with Crippen molar-refractivity contribution in [3.63, 3.8) is 0 Å². The molecule has 2 aromatic heterocycles. The molecule has 1 N–H and O–H groups in total. The number of nitrogens with zero attached hydrogens (tertiary/aromatic N) is 1. The third-order valence-electron chi connectivity index (χ3n) is 1.55. The molecule has 0 amide bonds. The SMILES string of the molecule is CS(=O)(=O)Nc1nc(-c2cccs2)cs1. The van der Waals surface area contributed by atoms with Crippen LogP contribution in [-0.4, -0.2) is 19.7 Å². The van der Waals surface area contributed by atoms with Crippen molar-refractivity contribution in [1.29, 1.82) is 0 Å². The zero-order chi connectivity index (χ0) is 10.9. The van der Waals surface area contributed by atoms with Crippen LogP contribution in [0.15, 0.2) is 22.9 Å². The van der Waals surface area contributed by atoms with Gasteiger partial charge < -0.3 is 0 Å². The topological polar surface area (TPSA) is 59.1 Å². The van der Waals surface area contributed by atoms with Gasteiger partial charge in [-0.05, 0) is 11.4 Å². The van der Waals surface area contributed by atoms with Gasteiger partial charge in [0.25, 0.3) is 0 Å². The number of aromatic nitrogens is 1. The van der Waals surface area contributed by atoms with Crippen LogP contribution in [0.25, 0.3) is 10.6 Å². The van der Waals surface area contributed by atoms with E-state index in [1.54, 1.807) is 11.3 Å². The van der Waals surface area contributed by atoms with Gasteiger partial charge in [0.1, 0.15) is 0 Å². The van der Waals surface area contributed by atoms with Crippen LogP contribution >= 0.6 is 22.7 Å². The summed E-state index contributed by atoms with van der Waals surface area (Å²) in [5.74, 6) is 0. The molecule has 0 radical (unpaired) electrons. The molecule has 0 atom stereocenters. The molecule has 0 fully saturated rings. The van der Waals surface area contributed by atoms with Crippen LogP contribution in [0.3, 0.4) is 0 Å². The van der Waals surface area contributed by atoms with Gasteiger partial charge in [0.15, 0.2) is 5.13 Å². The summed E-state index contributed by atoms with van der Waals surface area (Å²) < 4.78 is 24.3. The van der Waals surface area contributed by atoms with Crippen molar-refractivity contribution in [3.8, 4) is 10.6 Å². The fraction of sp³-hybridized carbons (Fsp3) is 0.125. The van der Waals surface area contributed by atoms with Crippen LogP contribution < -0.4 is 4.72 Å². The van der Waals surface area contributed by atoms with Gasteiger partial charge in [-0.15, -0.1) is 22.7 Å². The van der Waals surface area contributed by atoms with E-state index in [9.17, 15) is 8.42 Å². The predicted octanol–water partition coefficient (Wildman–Crippen LogP) is 2.24. The number of sulfonamides is 1. The molecule has 0 unspecified atom stereocenters. The number of anilines is 1. The summed E-state index contributed by atoms with van der Waals surface area (Å²) in [6, 6.07) is 3.88. The van der Waals surface area contributed by atoms with Crippen LogP contribution in [0, 0.1) is 0 Å². The molecule has 0 spiro atoms. The highest BCUT2D eigenvalue weighted by atomic mass is 32.2. The molecular formula is C8H8N2O2S3. The van der Waals surface area contributed by atoms with E-state index >= 15 is 0 Å². The summed E-state index contributed by atoms with van der Waals surface area (Å²) in [4.78, 5) is 5.21. The first-order valence-electron chi connectivity index (χ1n) is 4.02. The Labute approximate surface area is 95.7 Å². The Balaban J connectivity index is 2.25. The lowest BCUT2D eigenvalue weighted by atomic mass is 10.4. The molecular weight excluding hydrogens is 252 g/mol. The Morgan fingerprint density at radius 3 is 2.80 bits per heavy atom.